The Labute approximate surface area is 238 Å². The zero-order chi connectivity index (χ0) is 30.0. The van der Waals surface area contributed by atoms with Gasteiger partial charge in [-0.05, 0) is 81.7 Å². The summed E-state index contributed by atoms with van der Waals surface area (Å²) in [5.41, 5.74) is -0.328. The number of unbranched alkanes of at least 4 members (excludes halogenated alkanes) is 1. The van der Waals surface area contributed by atoms with Gasteiger partial charge in [0.1, 0.15) is 11.4 Å². The lowest BCUT2D eigenvalue weighted by Gasteiger charge is -2.36. The van der Waals surface area contributed by atoms with Crippen LogP contribution in [0.25, 0.3) is 0 Å². The molecule has 3 N–H and O–H groups in total. The third-order valence-corrected chi connectivity index (χ3v) is 7.92. The highest BCUT2D eigenvalue weighted by Gasteiger charge is 2.37. The average molecular weight is 574 g/mol. The van der Waals surface area contributed by atoms with Gasteiger partial charge in [0.15, 0.2) is 0 Å². The minimum Gasteiger partial charge on any atom is -0.497 e. The lowest BCUT2D eigenvalue weighted by molar-refractivity contribution is 0.0348. The highest BCUT2D eigenvalue weighted by atomic mass is 32.2. The first-order valence-corrected chi connectivity index (χ1v) is 14.9. The molecule has 0 aliphatic rings. The van der Waals surface area contributed by atoms with Gasteiger partial charge >= 0.3 is 6.09 Å². The molecule has 0 spiro atoms. The molecule has 0 aromatic heterocycles. The fourth-order valence-corrected chi connectivity index (χ4v) is 5.71. The monoisotopic (exact) mass is 573 g/mol. The van der Waals surface area contributed by atoms with Crippen molar-refractivity contribution in [2.24, 2.45) is 5.41 Å². The van der Waals surface area contributed by atoms with Gasteiger partial charge in [0.25, 0.3) is 0 Å². The quantitative estimate of drug-likeness (QED) is 0.272. The normalized spacial score (nSPS) is 14.4. The number of benzene rings is 2. The minimum atomic E-state index is -4.05. The van der Waals surface area contributed by atoms with E-state index in [4.69, 9.17) is 14.7 Å². The topological polar surface area (TPSA) is 138 Å². The summed E-state index contributed by atoms with van der Waals surface area (Å²) in [6, 6.07) is 15.6. The molecule has 2 aromatic carbocycles. The van der Waals surface area contributed by atoms with E-state index in [1.807, 2.05) is 44.2 Å². The van der Waals surface area contributed by atoms with Crippen LogP contribution in [0, 0.1) is 16.7 Å². The van der Waals surface area contributed by atoms with Crippen LogP contribution in [0.1, 0.15) is 65.9 Å². The molecule has 0 radical (unpaired) electrons. The van der Waals surface area contributed by atoms with E-state index in [1.165, 1.54) is 19.2 Å². The van der Waals surface area contributed by atoms with Crippen molar-refractivity contribution in [1.82, 2.24) is 10.0 Å². The Morgan fingerprint density at radius 2 is 1.65 bits per heavy atom. The summed E-state index contributed by atoms with van der Waals surface area (Å²) < 4.78 is 40.2. The standard InChI is InChI=1S/C30H43N3O6S/c1-29(2,3)39-28(35)32-25(20-22-12-8-7-9-13-22)27(34)26(21-30(4,5)18-10-11-19-31)33-40(36,37)24-16-14-23(38-6)15-17-24/h7-9,12-17,25-27,33-34H,10-11,18,20-21H2,1-6H3,(H,32,35)/t25-,26?,27+/m0/s1. The molecule has 10 heteroatoms. The Morgan fingerprint density at radius 3 is 2.20 bits per heavy atom. The molecular formula is C30H43N3O6S. The van der Waals surface area contributed by atoms with Gasteiger partial charge in [0, 0.05) is 6.42 Å². The molecule has 0 saturated carbocycles. The van der Waals surface area contributed by atoms with Gasteiger partial charge in [-0.25, -0.2) is 17.9 Å². The number of hydrogen-bond acceptors (Lipinski definition) is 7. The van der Waals surface area contributed by atoms with E-state index in [2.05, 4.69) is 16.1 Å². The van der Waals surface area contributed by atoms with E-state index in [1.54, 1.807) is 32.9 Å². The van der Waals surface area contributed by atoms with Gasteiger partial charge in [-0.15, -0.1) is 0 Å². The molecular weight excluding hydrogens is 530 g/mol. The largest absolute Gasteiger partial charge is 0.497 e. The Kier molecular flexibility index (Phi) is 12.0. The number of sulfonamides is 1. The SMILES string of the molecule is COc1ccc(S(=O)(=O)NC(CC(C)(C)CCCC#N)[C@H](O)[C@H](Cc2ccccc2)NC(=O)OC(C)(C)C)cc1. The third kappa shape index (κ3) is 11.2. The number of nitriles is 1. The number of rotatable bonds is 14. The van der Waals surface area contributed by atoms with Crippen LogP contribution in [0.5, 0.6) is 5.75 Å². The Hall–Kier alpha value is -3.13. The molecule has 0 bridgehead atoms. The number of methoxy groups -OCH3 is 1. The first kappa shape index (κ1) is 33.1. The van der Waals surface area contributed by atoms with Gasteiger partial charge in [-0.3, -0.25) is 0 Å². The predicted octanol–water partition coefficient (Wildman–Crippen LogP) is 4.95. The summed E-state index contributed by atoms with van der Waals surface area (Å²) in [5.74, 6) is 0.513. The van der Waals surface area contributed by atoms with E-state index in [0.717, 1.165) is 5.56 Å². The van der Waals surface area contributed by atoms with Crippen LogP contribution in [0.3, 0.4) is 0 Å². The predicted molar refractivity (Wildman–Crippen MR) is 154 cm³/mol. The number of nitrogens with one attached hydrogen (secondary N) is 2. The molecule has 1 amide bonds. The molecule has 1 unspecified atom stereocenters. The summed E-state index contributed by atoms with van der Waals surface area (Å²) in [7, 11) is -2.56. The second kappa shape index (κ2) is 14.5. The number of hydrogen-bond donors (Lipinski definition) is 3. The fraction of sp³-hybridized carbons (Fsp3) is 0.533. The van der Waals surface area contributed by atoms with Gasteiger partial charge in [0.05, 0.1) is 36.3 Å². The number of aliphatic hydroxyl groups is 1. The van der Waals surface area contributed by atoms with Crippen LogP contribution in [0.15, 0.2) is 59.5 Å². The molecule has 2 aromatic rings. The van der Waals surface area contributed by atoms with Crippen molar-refractivity contribution in [3.8, 4) is 11.8 Å². The summed E-state index contributed by atoms with van der Waals surface area (Å²) in [6.07, 6.45) is 0.157. The summed E-state index contributed by atoms with van der Waals surface area (Å²) in [6.45, 7) is 9.17. The number of aliphatic hydroxyl groups excluding tert-OH is 1. The Morgan fingerprint density at radius 1 is 1.02 bits per heavy atom. The molecule has 0 aliphatic heterocycles. The Bertz CT molecular complexity index is 1220. The molecule has 40 heavy (non-hydrogen) atoms. The van der Waals surface area contributed by atoms with Gasteiger partial charge < -0.3 is 19.9 Å². The van der Waals surface area contributed by atoms with Crippen molar-refractivity contribution in [2.45, 2.75) is 95.4 Å². The van der Waals surface area contributed by atoms with E-state index >= 15 is 0 Å². The maximum atomic E-state index is 13.5. The van der Waals surface area contributed by atoms with E-state index < -0.39 is 45.3 Å². The van der Waals surface area contributed by atoms with Gasteiger partial charge in [-0.1, -0.05) is 44.2 Å². The molecule has 0 saturated heterocycles. The lowest BCUT2D eigenvalue weighted by atomic mass is 9.79. The minimum absolute atomic E-state index is 0.0208. The van der Waals surface area contributed by atoms with Crippen LogP contribution in [-0.2, 0) is 21.2 Å². The van der Waals surface area contributed by atoms with Crippen LogP contribution in [0.2, 0.25) is 0 Å². The summed E-state index contributed by atoms with van der Waals surface area (Å²) >= 11 is 0. The van der Waals surface area contributed by atoms with E-state index in [0.29, 0.717) is 25.0 Å². The van der Waals surface area contributed by atoms with E-state index in [-0.39, 0.29) is 17.7 Å². The molecule has 3 atom stereocenters. The molecule has 220 valence electrons. The van der Waals surface area contributed by atoms with Crippen LogP contribution < -0.4 is 14.8 Å². The van der Waals surface area contributed by atoms with Crippen LogP contribution in [-0.4, -0.2) is 50.5 Å². The van der Waals surface area contributed by atoms with Gasteiger partial charge in [0.2, 0.25) is 10.0 Å². The van der Waals surface area contributed by atoms with Crippen molar-refractivity contribution in [3.63, 3.8) is 0 Å². The van der Waals surface area contributed by atoms with Gasteiger partial charge in [-0.2, -0.15) is 5.26 Å². The maximum absolute atomic E-state index is 13.5. The summed E-state index contributed by atoms with van der Waals surface area (Å²) in [4.78, 5) is 12.8. The maximum Gasteiger partial charge on any atom is 0.407 e. The molecule has 2 rings (SSSR count). The van der Waals surface area contributed by atoms with Crippen LogP contribution in [0.4, 0.5) is 4.79 Å². The van der Waals surface area contributed by atoms with Crippen molar-refractivity contribution in [3.05, 3.63) is 60.2 Å². The van der Waals surface area contributed by atoms with Crippen molar-refractivity contribution in [1.29, 1.82) is 5.26 Å². The van der Waals surface area contributed by atoms with Crippen LogP contribution >= 0.6 is 0 Å². The first-order chi connectivity index (χ1) is 18.7. The van der Waals surface area contributed by atoms with E-state index in [9.17, 15) is 18.3 Å². The fourth-order valence-electron chi connectivity index (χ4n) is 4.46. The average Bonchev–Trinajstić information content (AvgIpc) is 2.87. The lowest BCUT2D eigenvalue weighted by Crippen LogP contribution is -2.56. The summed E-state index contributed by atoms with van der Waals surface area (Å²) in [5, 5.41) is 23.5. The number of nitrogens with zero attached hydrogens (tertiary/aromatic N) is 1. The van der Waals surface area contributed by atoms with Crippen molar-refractivity contribution >= 4 is 16.1 Å². The number of carbonyl (C=O) groups excluding carboxylic acids is 1. The molecule has 0 heterocycles. The number of carbonyl (C=O) groups is 1. The molecule has 0 aliphatic carbocycles. The third-order valence-electron chi connectivity index (χ3n) is 6.42. The Balaban J connectivity index is 2.44. The number of alkyl carbamates (subject to hydrolysis) is 1. The molecule has 0 fully saturated rings. The number of ether oxygens (including phenoxy) is 2. The highest BCUT2D eigenvalue weighted by Crippen LogP contribution is 2.31. The molecule has 9 nitrogen and oxygen atoms in total. The zero-order valence-electron chi connectivity index (χ0n) is 24.3. The second-order valence-electron chi connectivity index (χ2n) is 11.7. The van der Waals surface area contributed by atoms with Crippen molar-refractivity contribution in [2.75, 3.05) is 7.11 Å². The number of amides is 1. The first-order valence-electron chi connectivity index (χ1n) is 13.4. The van der Waals surface area contributed by atoms with Crippen molar-refractivity contribution < 1.29 is 27.8 Å². The smallest absolute Gasteiger partial charge is 0.407 e. The second-order valence-corrected chi connectivity index (χ2v) is 13.4. The zero-order valence-corrected chi connectivity index (χ0v) is 25.1. The highest BCUT2D eigenvalue weighted by molar-refractivity contribution is 7.89.